The van der Waals surface area contributed by atoms with Crippen molar-refractivity contribution in [3.05, 3.63) is 0 Å². The number of hydrogen-bond donors (Lipinski definition) is 1. The Morgan fingerprint density at radius 2 is 2.00 bits per heavy atom. The molecular weight excluding hydrogens is 172 g/mol. The SMILES string of the molecule is CCC1CN(CC2CC2)C(CC)CN1. The Bertz CT molecular complexity index is 177. The van der Waals surface area contributed by atoms with E-state index in [4.69, 9.17) is 0 Å². The van der Waals surface area contributed by atoms with Crippen molar-refractivity contribution < 1.29 is 0 Å². The smallest absolute Gasteiger partial charge is 0.0218 e. The van der Waals surface area contributed by atoms with Gasteiger partial charge in [0.25, 0.3) is 0 Å². The molecule has 82 valence electrons. The van der Waals surface area contributed by atoms with E-state index in [1.807, 2.05) is 0 Å². The molecule has 1 N–H and O–H groups in total. The van der Waals surface area contributed by atoms with Gasteiger partial charge in [-0.3, -0.25) is 4.90 Å². The Kier molecular flexibility index (Phi) is 3.45. The quantitative estimate of drug-likeness (QED) is 0.738. The number of hydrogen-bond acceptors (Lipinski definition) is 2. The van der Waals surface area contributed by atoms with E-state index in [1.54, 1.807) is 0 Å². The molecule has 0 aromatic heterocycles. The normalized spacial score (nSPS) is 34.7. The van der Waals surface area contributed by atoms with Gasteiger partial charge in [0, 0.05) is 31.7 Å². The zero-order valence-corrected chi connectivity index (χ0v) is 9.63. The lowest BCUT2D eigenvalue weighted by Crippen LogP contribution is -2.56. The summed E-state index contributed by atoms with van der Waals surface area (Å²) in [6.45, 7) is 8.47. The summed E-state index contributed by atoms with van der Waals surface area (Å²) in [5, 5.41) is 3.65. The van der Waals surface area contributed by atoms with Crippen LogP contribution in [0.25, 0.3) is 0 Å². The topological polar surface area (TPSA) is 15.3 Å². The standard InChI is InChI=1S/C12H24N2/c1-3-11-9-14(8-10-5-6-10)12(4-2)7-13-11/h10-13H,3-9H2,1-2H3. The summed E-state index contributed by atoms with van der Waals surface area (Å²) in [5.41, 5.74) is 0. The lowest BCUT2D eigenvalue weighted by Gasteiger charge is -2.40. The molecule has 0 aromatic carbocycles. The first kappa shape index (κ1) is 10.4. The van der Waals surface area contributed by atoms with E-state index in [9.17, 15) is 0 Å². The van der Waals surface area contributed by atoms with Crippen LogP contribution in [0.15, 0.2) is 0 Å². The highest BCUT2D eigenvalue weighted by Crippen LogP contribution is 2.31. The van der Waals surface area contributed by atoms with Crippen LogP contribution in [-0.4, -0.2) is 36.6 Å². The molecule has 0 radical (unpaired) electrons. The maximum absolute atomic E-state index is 3.65. The molecule has 1 saturated heterocycles. The summed E-state index contributed by atoms with van der Waals surface area (Å²) in [4.78, 5) is 2.74. The van der Waals surface area contributed by atoms with Gasteiger partial charge in [0.2, 0.25) is 0 Å². The molecular formula is C12H24N2. The van der Waals surface area contributed by atoms with Gasteiger partial charge < -0.3 is 5.32 Å². The van der Waals surface area contributed by atoms with E-state index in [0.29, 0.717) is 0 Å². The molecule has 14 heavy (non-hydrogen) atoms. The molecule has 0 spiro atoms. The van der Waals surface area contributed by atoms with Crippen molar-refractivity contribution >= 4 is 0 Å². The third-order valence-corrected chi connectivity index (χ3v) is 3.77. The van der Waals surface area contributed by atoms with E-state index in [0.717, 1.165) is 18.0 Å². The molecule has 2 atom stereocenters. The maximum Gasteiger partial charge on any atom is 0.0218 e. The van der Waals surface area contributed by atoms with Crippen molar-refractivity contribution in [2.45, 2.75) is 51.6 Å². The average molecular weight is 196 g/mol. The first-order valence-corrected chi connectivity index (χ1v) is 6.30. The molecule has 1 heterocycles. The van der Waals surface area contributed by atoms with Crippen LogP contribution in [0.5, 0.6) is 0 Å². The van der Waals surface area contributed by atoms with Crippen LogP contribution < -0.4 is 5.32 Å². The number of piperazine rings is 1. The van der Waals surface area contributed by atoms with Crippen LogP contribution in [0.1, 0.15) is 39.5 Å². The lowest BCUT2D eigenvalue weighted by atomic mass is 10.0. The molecule has 1 saturated carbocycles. The maximum atomic E-state index is 3.65. The highest BCUT2D eigenvalue weighted by atomic mass is 15.2. The van der Waals surface area contributed by atoms with Gasteiger partial charge in [0.05, 0.1) is 0 Å². The van der Waals surface area contributed by atoms with Crippen LogP contribution in [0.4, 0.5) is 0 Å². The summed E-state index contributed by atoms with van der Waals surface area (Å²) in [7, 11) is 0. The van der Waals surface area contributed by atoms with Crippen molar-refractivity contribution in [2.24, 2.45) is 5.92 Å². The van der Waals surface area contributed by atoms with Gasteiger partial charge in [-0.2, -0.15) is 0 Å². The first-order valence-electron chi connectivity index (χ1n) is 6.30. The number of nitrogens with one attached hydrogen (secondary N) is 1. The van der Waals surface area contributed by atoms with Crippen LogP contribution in [-0.2, 0) is 0 Å². The van der Waals surface area contributed by atoms with Crippen molar-refractivity contribution in [1.29, 1.82) is 0 Å². The molecule has 0 amide bonds. The van der Waals surface area contributed by atoms with Crippen LogP contribution >= 0.6 is 0 Å². The van der Waals surface area contributed by atoms with Gasteiger partial charge in [0.15, 0.2) is 0 Å². The van der Waals surface area contributed by atoms with Crippen molar-refractivity contribution in [3.63, 3.8) is 0 Å². The molecule has 1 aliphatic heterocycles. The van der Waals surface area contributed by atoms with E-state index < -0.39 is 0 Å². The number of rotatable bonds is 4. The fourth-order valence-corrected chi connectivity index (χ4v) is 2.46. The minimum atomic E-state index is 0.747. The van der Waals surface area contributed by atoms with E-state index in [-0.39, 0.29) is 0 Å². The molecule has 0 bridgehead atoms. The second-order valence-corrected chi connectivity index (χ2v) is 4.97. The van der Waals surface area contributed by atoms with Crippen molar-refractivity contribution in [3.8, 4) is 0 Å². The third-order valence-electron chi connectivity index (χ3n) is 3.77. The largest absolute Gasteiger partial charge is 0.311 e. The molecule has 1 aliphatic carbocycles. The van der Waals surface area contributed by atoms with Crippen LogP contribution in [0, 0.1) is 5.92 Å². The zero-order chi connectivity index (χ0) is 9.97. The summed E-state index contributed by atoms with van der Waals surface area (Å²) < 4.78 is 0. The second kappa shape index (κ2) is 4.63. The summed E-state index contributed by atoms with van der Waals surface area (Å²) >= 11 is 0. The van der Waals surface area contributed by atoms with Gasteiger partial charge >= 0.3 is 0 Å². The van der Waals surface area contributed by atoms with Crippen molar-refractivity contribution in [1.82, 2.24) is 10.2 Å². The van der Waals surface area contributed by atoms with Crippen LogP contribution in [0.2, 0.25) is 0 Å². The fourth-order valence-electron chi connectivity index (χ4n) is 2.46. The highest BCUT2D eigenvalue weighted by Gasteiger charge is 2.31. The molecule has 2 aliphatic rings. The third kappa shape index (κ3) is 2.48. The van der Waals surface area contributed by atoms with E-state index >= 15 is 0 Å². The minimum absolute atomic E-state index is 0.747. The first-order chi connectivity index (χ1) is 6.83. The summed E-state index contributed by atoms with van der Waals surface area (Å²) in [5.74, 6) is 1.04. The number of nitrogens with zero attached hydrogens (tertiary/aromatic N) is 1. The molecule has 2 fully saturated rings. The predicted octanol–water partition coefficient (Wildman–Crippen LogP) is 1.86. The molecule has 2 rings (SSSR count). The Balaban J connectivity index is 1.85. The van der Waals surface area contributed by atoms with Crippen molar-refractivity contribution in [2.75, 3.05) is 19.6 Å². The minimum Gasteiger partial charge on any atom is -0.311 e. The lowest BCUT2D eigenvalue weighted by molar-refractivity contribution is 0.119. The Hall–Kier alpha value is -0.0800. The van der Waals surface area contributed by atoms with Gasteiger partial charge in [0.1, 0.15) is 0 Å². The Morgan fingerprint density at radius 3 is 2.57 bits per heavy atom. The van der Waals surface area contributed by atoms with Crippen LogP contribution in [0.3, 0.4) is 0 Å². The monoisotopic (exact) mass is 196 g/mol. The summed E-state index contributed by atoms with van der Waals surface area (Å²) in [6, 6.07) is 1.55. The van der Waals surface area contributed by atoms with E-state index in [2.05, 4.69) is 24.1 Å². The zero-order valence-electron chi connectivity index (χ0n) is 9.63. The molecule has 2 nitrogen and oxygen atoms in total. The van der Waals surface area contributed by atoms with Gasteiger partial charge in [-0.1, -0.05) is 13.8 Å². The van der Waals surface area contributed by atoms with Gasteiger partial charge in [-0.15, -0.1) is 0 Å². The molecule has 2 heteroatoms. The summed E-state index contributed by atoms with van der Waals surface area (Å²) in [6.07, 6.45) is 5.54. The second-order valence-electron chi connectivity index (χ2n) is 4.97. The average Bonchev–Trinajstić information content (AvgIpc) is 3.01. The molecule has 2 unspecified atom stereocenters. The highest BCUT2D eigenvalue weighted by molar-refractivity contribution is 4.88. The molecule has 0 aromatic rings. The fraction of sp³-hybridized carbons (Fsp3) is 1.00. The van der Waals surface area contributed by atoms with E-state index in [1.165, 1.54) is 45.3 Å². The Morgan fingerprint density at radius 1 is 1.21 bits per heavy atom. The van der Waals surface area contributed by atoms with Gasteiger partial charge in [-0.05, 0) is 31.6 Å². The predicted molar refractivity (Wildman–Crippen MR) is 60.5 cm³/mol. The Labute approximate surface area is 88.1 Å². The van der Waals surface area contributed by atoms with Gasteiger partial charge in [-0.25, -0.2) is 0 Å².